The molecule has 16 heteroatoms. The van der Waals surface area contributed by atoms with Crippen LogP contribution in [0.5, 0.6) is 0 Å². The highest BCUT2D eigenvalue weighted by Crippen LogP contribution is 2.39. The molecule has 0 radical (unpaired) electrons. The number of fused-ring (bicyclic) bond motifs is 2. The average molecular weight is 859 g/mol. The van der Waals surface area contributed by atoms with Crippen molar-refractivity contribution in [1.82, 2.24) is 10.3 Å². The fourth-order valence-corrected chi connectivity index (χ4v) is 11.7. The Morgan fingerprint density at radius 3 is 1.38 bits per heavy atom. The largest absolute Gasteiger partial charge is 0.336 e. The first-order valence-corrected chi connectivity index (χ1v) is 21.4. The molecule has 0 unspecified atom stereocenters. The van der Waals surface area contributed by atoms with Crippen molar-refractivity contribution in [3.8, 4) is 0 Å². The first-order valence-electron chi connectivity index (χ1n) is 15.2. The number of thiophene rings is 2. The maximum atomic E-state index is 13.0. The van der Waals surface area contributed by atoms with Gasteiger partial charge < -0.3 is 9.05 Å². The van der Waals surface area contributed by atoms with Crippen molar-refractivity contribution >= 4 is 107 Å². The maximum absolute atomic E-state index is 13.0. The van der Waals surface area contributed by atoms with Crippen molar-refractivity contribution in [2.24, 2.45) is 0 Å². The van der Waals surface area contributed by atoms with Gasteiger partial charge >= 0.3 is 0 Å². The minimum absolute atomic E-state index is 0.101. The van der Waals surface area contributed by atoms with Crippen molar-refractivity contribution in [2.75, 3.05) is 9.44 Å². The van der Waals surface area contributed by atoms with Gasteiger partial charge in [0.1, 0.15) is 18.7 Å². The van der Waals surface area contributed by atoms with Crippen LogP contribution in [-0.2, 0) is 32.9 Å². The number of benzene rings is 2. The molecule has 4 heterocycles. The third-order valence-electron chi connectivity index (χ3n) is 7.32. The van der Waals surface area contributed by atoms with Gasteiger partial charge in [0, 0.05) is 29.9 Å². The highest BCUT2D eigenvalue weighted by atomic mass is 79.9. The highest BCUT2D eigenvalue weighted by molar-refractivity contribution is 9.11. The van der Waals surface area contributed by atoms with E-state index in [2.05, 4.69) is 65.5 Å². The number of rotatable bonds is 12. The molecule has 0 fully saturated rings. The summed E-state index contributed by atoms with van der Waals surface area (Å²) in [7, 11) is -7.54. The lowest BCUT2D eigenvalue weighted by Crippen LogP contribution is -2.14. The Labute approximate surface area is 304 Å². The zero-order valence-electron chi connectivity index (χ0n) is 26.6. The molecule has 4 aromatic heterocycles. The van der Waals surface area contributed by atoms with Gasteiger partial charge in [-0.1, -0.05) is 73.4 Å². The summed E-state index contributed by atoms with van der Waals surface area (Å²) in [4.78, 5) is 2.44. The molecule has 0 bridgehead atoms. The number of anilines is 2. The summed E-state index contributed by atoms with van der Waals surface area (Å²) in [5.74, 6) is 0.202. The van der Waals surface area contributed by atoms with Gasteiger partial charge in [-0.25, -0.2) is 26.3 Å². The van der Waals surface area contributed by atoms with Gasteiger partial charge in [0.05, 0.1) is 11.4 Å². The molecular weight excluding hydrogens is 824 g/mol. The number of hydrogen-bond donors (Lipinski definition) is 2. The number of aryl methyl sites for hydroxylation is 4. The molecule has 0 saturated heterocycles. The van der Waals surface area contributed by atoms with Crippen molar-refractivity contribution < 1.29 is 25.9 Å². The normalized spacial score (nSPS) is 12.0. The van der Waals surface area contributed by atoms with Crippen LogP contribution in [0.3, 0.4) is 0 Å². The number of halogens is 2. The second-order valence-electron chi connectivity index (χ2n) is 10.9. The Balaban J connectivity index is 0.000000188. The Hall–Kier alpha value is -2.76. The molecule has 10 nitrogen and oxygen atoms in total. The van der Waals surface area contributed by atoms with Crippen LogP contribution in [0, 0.1) is 13.8 Å². The summed E-state index contributed by atoms with van der Waals surface area (Å²) in [6, 6.07) is 15.1. The van der Waals surface area contributed by atoms with Gasteiger partial charge in [-0.2, -0.15) is 0 Å². The van der Waals surface area contributed by atoms with Gasteiger partial charge in [0.25, 0.3) is 31.8 Å². The van der Waals surface area contributed by atoms with E-state index in [1.165, 1.54) is 22.7 Å². The second kappa shape index (κ2) is 15.4. The highest BCUT2D eigenvalue weighted by Gasteiger charge is 2.28. The molecule has 0 atom stereocenters. The van der Waals surface area contributed by atoms with Gasteiger partial charge in [0.15, 0.2) is 0 Å². The van der Waals surface area contributed by atoms with Crippen LogP contribution in [-0.4, -0.2) is 27.1 Å². The minimum atomic E-state index is -3.77. The average Bonchev–Trinajstić information content (AvgIpc) is 3.80. The summed E-state index contributed by atoms with van der Waals surface area (Å²) in [6.07, 6.45) is 5.38. The predicted molar refractivity (Wildman–Crippen MR) is 200 cm³/mol. The molecule has 0 spiro atoms. The van der Waals surface area contributed by atoms with E-state index >= 15 is 0 Å². The van der Waals surface area contributed by atoms with Gasteiger partial charge in [-0.3, -0.25) is 0 Å². The molecule has 0 amide bonds. The number of nitrogens with one attached hydrogen (secondary N) is 2. The van der Waals surface area contributed by atoms with Crippen molar-refractivity contribution in [3.63, 3.8) is 0 Å². The lowest BCUT2D eigenvalue weighted by atomic mass is 10.2. The van der Waals surface area contributed by atoms with E-state index in [4.69, 9.17) is 9.05 Å². The number of nitrogens with zero attached hydrogens (tertiary/aromatic N) is 2. The molecule has 6 rings (SSSR count). The predicted octanol–water partition coefficient (Wildman–Crippen LogP) is 10.2. The third kappa shape index (κ3) is 7.83. The molecule has 2 N–H and O–H groups in total. The summed E-state index contributed by atoms with van der Waals surface area (Å²) >= 11 is 9.66. The lowest BCUT2D eigenvalue weighted by Gasteiger charge is -2.07. The molecule has 48 heavy (non-hydrogen) atoms. The number of sulfonamides is 2. The summed E-state index contributed by atoms with van der Waals surface area (Å²) < 4.78 is 70.2. The van der Waals surface area contributed by atoms with Crippen LogP contribution in [0.15, 0.2) is 76.3 Å². The first-order chi connectivity index (χ1) is 22.9. The van der Waals surface area contributed by atoms with E-state index in [9.17, 15) is 16.8 Å². The molecule has 0 aliphatic heterocycles. The smallest absolute Gasteiger partial charge is 0.266 e. The zero-order chi connectivity index (χ0) is 34.6. The van der Waals surface area contributed by atoms with E-state index < -0.39 is 20.0 Å². The molecular formula is C32H34Br2N4O6S4. The zero-order valence-corrected chi connectivity index (χ0v) is 33.0. The molecule has 256 valence electrons. The third-order valence-corrected chi connectivity index (χ3v) is 14.8. The van der Waals surface area contributed by atoms with Crippen LogP contribution in [0.2, 0.25) is 0 Å². The molecule has 0 aliphatic rings. The van der Waals surface area contributed by atoms with E-state index in [1.807, 2.05) is 48.5 Å². The Kier molecular flexibility index (Phi) is 11.7. The van der Waals surface area contributed by atoms with Crippen LogP contribution in [0.25, 0.3) is 20.2 Å². The number of aromatic nitrogens is 2. The Morgan fingerprint density at radius 1 is 0.667 bits per heavy atom. The topological polar surface area (TPSA) is 144 Å². The molecule has 2 aromatic carbocycles. The van der Waals surface area contributed by atoms with Crippen LogP contribution in [0.1, 0.15) is 60.7 Å². The monoisotopic (exact) mass is 856 g/mol. The molecule has 0 saturated carbocycles. The van der Waals surface area contributed by atoms with E-state index in [0.717, 1.165) is 68.5 Å². The first kappa shape index (κ1) is 36.5. The van der Waals surface area contributed by atoms with Crippen LogP contribution < -0.4 is 9.44 Å². The molecule has 0 aliphatic carbocycles. The second-order valence-corrected chi connectivity index (χ2v) is 18.0. The standard InChI is InChI=1S/2C16H17BrN2O3S2/c2*1-3-4-8-13-15(11-7-5-6-9-12(11)23-13)24(20,21)19-16-14(17)10(2)18-22-16/h2*5-7,9,19H,3-4,8H2,1-2H3. The Bertz CT molecular complexity index is 2110. The number of unbranched alkanes of at least 4 members (excludes halogenated alkanes) is 2. The maximum Gasteiger partial charge on any atom is 0.266 e. The summed E-state index contributed by atoms with van der Waals surface area (Å²) in [5.41, 5.74) is 1.18. The SMILES string of the molecule is CCCCc1sc2ccccc2c1S(=O)(=O)Nc1onc(C)c1Br.CCCCc1sc2ccccc2c1S(=O)(=O)Nc1onc(C)c1Br. The number of hydrogen-bond acceptors (Lipinski definition) is 10. The fraction of sp³-hybridized carbons (Fsp3) is 0.312. The van der Waals surface area contributed by atoms with E-state index in [0.29, 0.717) is 30.1 Å². The Morgan fingerprint density at radius 2 is 1.04 bits per heavy atom. The van der Waals surface area contributed by atoms with Gasteiger partial charge in [-0.05, 0) is 83.5 Å². The minimum Gasteiger partial charge on any atom is -0.336 e. The van der Waals surface area contributed by atoms with Crippen molar-refractivity contribution in [1.29, 1.82) is 0 Å². The van der Waals surface area contributed by atoms with Crippen LogP contribution in [0.4, 0.5) is 11.8 Å². The van der Waals surface area contributed by atoms with Crippen molar-refractivity contribution in [2.45, 2.75) is 76.0 Å². The molecule has 6 aromatic rings. The van der Waals surface area contributed by atoms with Crippen molar-refractivity contribution in [3.05, 3.63) is 78.6 Å². The van der Waals surface area contributed by atoms with Crippen LogP contribution >= 0.6 is 54.5 Å². The summed E-state index contributed by atoms with van der Waals surface area (Å²) in [6.45, 7) is 7.65. The van der Waals surface area contributed by atoms with Gasteiger partial charge in [-0.15, -0.1) is 22.7 Å². The van der Waals surface area contributed by atoms with Gasteiger partial charge in [0.2, 0.25) is 0 Å². The van der Waals surface area contributed by atoms with E-state index in [1.54, 1.807) is 13.8 Å². The van der Waals surface area contributed by atoms with E-state index in [-0.39, 0.29) is 11.8 Å². The lowest BCUT2D eigenvalue weighted by molar-refractivity contribution is 0.430. The quantitative estimate of drug-likeness (QED) is 0.124. The fourth-order valence-electron chi connectivity index (χ4n) is 4.93. The summed E-state index contributed by atoms with van der Waals surface area (Å²) in [5, 5.41) is 9.03.